The molecule has 0 radical (unpaired) electrons. The molecule has 0 saturated carbocycles. The summed E-state index contributed by atoms with van der Waals surface area (Å²) in [5, 5.41) is 0. The van der Waals surface area contributed by atoms with Crippen molar-refractivity contribution in [2.24, 2.45) is 0 Å². The van der Waals surface area contributed by atoms with Crippen molar-refractivity contribution in [3.63, 3.8) is 0 Å². The number of carbonyl (C=O) groups is 1. The molecule has 0 heterocycles. The van der Waals surface area contributed by atoms with Gasteiger partial charge in [0.15, 0.2) is 33.0 Å². The second-order valence-electron chi connectivity index (χ2n) is 6.26. The summed E-state index contributed by atoms with van der Waals surface area (Å²) in [7, 11) is 6.02. The van der Waals surface area contributed by atoms with Gasteiger partial charge in [0.25, 0.3) is 0 Å². The first-order valence-electron chi connectivity index (χ1n) is 9.60. The van der Waals surface area contributed by atoms with Gasteiger partial charge in [-0.15, -0.1) is 0 Å². The highest BCUT2D eigenvalue weighted by Crippen LogP contribution is 2.35. The molecule has 0 amide bonds. The van der Waals surface area contributed by atoms with Crippen LogP contribution in [-0.2, 0) is 18.9 Å². The molecule has 0 bridgehead atoms. The van der Waals surface area contributed by atoms with Gasteiger partial charge in [0.05, 0.1) is 0 Å². The van der Waals surface area contributed by atoms with Gasteiger partial charge in [-0.05, 0) is 23.8 Å². The zero-order valence-electron chi connectivity index (χ0n) is 18.6. The number of hydrogen-bond acceptors (Lipinski definition) is 9. The summed E-state index contributed by atoms with van der Waals surface area (Å²) in [4.78, 5) is 13.1. The van der Waals surface area contributed by atoms with E-state index in [1.165, 1.54) is 27.4 Å². The van der Waals surface area contributed by atoms with Gasteiger partial charge in [0.2, 0.25) is 0 Å². The van der Waals surface area contributed by atoms with Gasteiger partial charge < -0.3 is 37.9 Å². The Morgan fingerprint density at radius 1 is 0.688 bits per heavy atom. The summed E-state index contributed by atoms with van der Waals surface area (Å²) in [5.41, 5.74) is 1.02. The van der Waals surface area contributed by atoms with Gasteiger partial charge >= 0.3 is 0 Å². The molecule has 2 rings (SSSR count). The average molecular weight is 448 g/mol. The molecule has 9 nitrogen and oxygen atoms in total. The van der Waals surface area contributed by atoms with Crippen LogP contribution in [0.1, 0.15) is 15.9 Å². The van der Waals surface area contributed by atoms with Gasteiger partial charge in [0, 0.05) is 40.6 Å². The van der Waals surface area contributed by atoms with E-state index in [9.17, 15) is 4.79 Å². The molecule has 0 spiro atoms. The predicted octanol–water partition coefficient (Wildman–Crippen LogP) is 3.51. The largest absolute Gasteiger partial charge is 0.468 e. The van der Waals surface area contributed by atoms with Crippen LogP contribution in [0.25, 0.3) is 6.08 Å². The van der Waals surface area contributed by atoms with Crippen LogP contribution < -0.4 is 18.9 Å². The first-order valence-corrected chi connectivity index (χ1v) is 9.60. The smallest absolute Gasteiger partial charge is 0.193 e. The third-order valence-corrected chi connectivity index (χ3v) is 3.94. The van der Waals surface area contributed by atoms with Gasteiger partial charge in [-0.2, -0.15) is 0 Å². The van der Waals surface area contributed by atoms with Gasteiger partial charge in [-0.25, -0.2) is 0 Å². The second-order valence-corrected chi connectivity index (χ2v) is 6.26. The van der Waals surface area contributed by atoms with Crippen LogP contribution in [0.15, 0.2) is 42.5 Å². The monoisotopic (exact) mass is 448 g/mol. The Balaban J connectivity index is 2.31. The standard InChI is InChI=1S/C23H28O9/c1-25-13-29-18-8-5-17(6-9-18)7-10-20(24)23-21(31-15-27-3)11-19(30-14-26-2)12-22(23)32-16-28-4/h5-12H,13-16H2,1-4H3/b10-7+. The minimum atomic E-state index is -0.333. The Hall–Kier alpha value is -3.11. The molecule has 2 aromatic rings. The number of hydrogen-bond donors (Lipinski definition) is 0. The molecule has 2 aromatic carbocycles. The number of allylic oxidation sites excluding steroid dienone is 1. The van der Waals surface area contributed by atoms with E-state index in [4.69, 9.17) is 37.9 Å². The Bertz CT molecular complexity index is 833. The third-order valence-electron chi connectivity index (χ3n) is 3.94. The molecule has 0 aliphatic heterocycles. The van der Waals surface area contributed by atoms with E-state index in [2.05, 4.69) is 0 Å². The molecular weight excluding hydrogens is 420 g/mol. The van der Waals surface area contributed by atoms with Crippen molar-refractivity contribution >= 4 is 11.9 Å². The predicted molar refractivity (Wildman–Crippen MR) is 116 cm³/mol. The molecule has 0 fully saturated rings. The molecule has 0 N–H and O–H groups in total. The van der Waals surface area contributed by atoms with E-state index >= 15 is 0 Å². The second kappa shape index (κ2) is 14.0. The van der Waals surface area contributed by atoms with Gasteiger partial charge in [0.1, 0.15) is 28.6 Å². The van der Waals surface area contributed by atoms with Crippen LogP contribution >= 0.6 is 0 Å². The quantitative estimate of drug-likeness (QED) is 0.231. The molecule has 0 aromatic heterocycles. The first kappa shape index (κ1) is 25.2. The fourth-order valence-corrected chi connectivity index (χ4v) is 2.55. The lowest BCUT2D eigenvalue weighted by atomic mass is 10.1. The Morgan fingerprint density at radius 3 is 1.66 bits per heavy atom. The number of ether oxygens (including phenoxy) is 8. The van der Waals surface area contributed by atoms with Crippen LogP contribution in [0.4, 0.5) is 0 Å². The van der Waals surface area contributed by atoms with Gasteiger partial charge in [-0.3, -0.25) is 4.79 Å². The summed E-state index contributed by atoms with van der Waals surface area (Å²) in [6, 6.07) is 10.3. The normalized spacial score (nSPS) is 10.9. The number of methoxy groups -OCH3 is 4. The Labute approximate surface area is 187 Å². The molecule has 9 heteroatoms. The zero-order valence-corrected chi connectivity index (χ0v) is 18.6. The van der Waals surface area contributed by atoms with Crippen LogP contribution in [-0.4, -0.2) is 61.4 Å². The highest BCUT2D eigenvalue weighted by atomic mass is 16.7. The minimum Gasteiger partial charge on any atom is -0.468 e. The van der Waals surface area contributed by atoms with E-state index in [0.29, 0.717) is 11.5 Å². The molecule has 0 aliphatic carbocycles. The van der Waals surface area contributed by atoms with E-state index in [1.54, 1.807) is 37.5 Å². The molecule has 0 saturated heterocycles. The molecule has 0 atom stereocenters. The van der Waals surface area contributed by atoms with E-state index in [1.807, 2.05) is 12.1 Å². The molecular formula is C23H28O9. The maximum Gasteiger partial charge on any atom is 0.193 e. The topological polar surface area (TPSA) is 90.9 Å². The van der Waals surface area contributed by atoms with Crippen LogP contribution in [0.5, 0.6) is 23.0 Å². The Kier molecular flexibility index (Phi) is 11.0. The Morgan fingerprint density at radius 2 is 1.16 bits per heavy atom. The SMILES string of the molecule is COCOc1ccc(/C=C/C(=O)c2c(OCOC)cc(OCOC)cc2OCOC)cc1. The van der Waals surface area contributed by atoms with Gasteiger partial charge in [-0.1, -0.05) is 18.2 Å². The van der Waals surface area contributed by atoms with Crippen molar-refractivity contribution in [2.75, 3.05) is 55.6 Å². The molecule has 32 heavy (non-hydrogen) atoms. The first-order chi connectivity index (χ1) is 15.6. The highest BCUT2D eigenvalue weighted by molar-refractivity contribution is 6.10. The zero-order chi connectivity index (χ0) is 23.2. The maximum absolute atomic E-state index is 13.1. The summed E-state index contributed by atoms with van der Waals surface area (Å²) < 4.78 is 41.8. The van der Waals surface area contributed by atoms with E-state index < -0.39 is 0 Å². The van der Waals surface area contributed by atoms with Crippen molar-refractivity contribution in [2.45, 2.75) is 0 Å². The molecule has 0 aliphatic rings. The van der Waals surface area contributed by atoms with E-state index in [-0.39, 0.29) is 50.0 Å². The fourth-order valence-electron chi connectivity index (χ4n) is 2.55. The lowest BCUT2D eigenvalue weighted by Gasteiger charge is -2.16. The number of rotatable bonds is 15. The summed E-state index contributed by atoms with van der Waals surface area (Å²) in [6.45, 7) is 0.0474. The number of carbonyl (C=O) groups excluding carboxylic acids is 1. The highest BCUT2D eigenvalue weighted by Gasteiger charge is 2.20. The third kappa shape index (κ3) is 7.86. The number of benzene rings is 2. The lowest BCUT2D eigenvalue weighted by molar-refractivity contribution is 0.0400. The van der Waals surface area contributed by atoms with E-state index in [0.717, 1.165) is 5.56 Å². The summed E-state index contributed by atoms with van der Waals surface area (Å²) in [5.74, 6) is 1.21. The van der Waals surface area contributed by atoms with Crippen molar-refractivity contribution in [1.82, 2.24) is 0 Å². The van der Waals surface area contributed by atoms with Crippen molar-refractivity contribution in [3.05, 3.63) is 53.6 Å². The lowest BCUT2D eigenvalue weighted by Crippen LogP contribution is -2.10. The van der Waals surface area contributed by atoms with Crippen LogP contribution in [0.2, 0.25) is 0 Å². The average Bonchev–Trinajstić information content (AvgIpc) is 2.82. The van der Waals surface area contributed by atoms with Crippen molar-refractivity contribution < 1.29 is 42.7 Å². The van der Waals surface area contributed by atoms with Crippen LogP contribution in [0.3, 0.4) is 0 Å². The maximum atomic E-state index is 13.1. The van der Waals surface area contributed by atoms with Crippen LogP contribution in [0, 0.1) is 0 Å². The number of ketones is 1. The summed E-state index contributed by atoms with van der Waals surface area (Å²) in [6.07, 6.45) is 3.10. The van der Waals surface area contributed by atoms with Crippen molar-refractivity contribution in [3.8, 4) is 23.0 Å². The minimum absolute atomic E-state index is 0.0186. The van der Waals surface area contributed by atoms with Crippen molar-refractivity contribution in [1.29, 1.82) is 0 Å². The fraction of sp³-hybridized carbons (Fsp3) is 0.348. The molecule has 0 unspecified atom stereocenters. The summed E-state index contributed by atoms with van der Waals surface area (Å²) >= 11 is 0. The molecule has 174 valence electrons.